The zero-order valence-corrected chi connectivity index (χ0v) is 17.0. The van der Waals surface area contributed by atoms with Crippen LogP contribution in [0, 0.1) is 18.3 Å². The molecular weight excluding hydrogens is 423 g/mol. The molecule has 0 spiro atoms. The van der Waals surface area contributed by atoms with E-state index in [9.17, 15) is 18.4 Å². The largest absolute Gasteiger partial charge is 0.416 e. The molecule has 0 amide bonds. The van der Waals surface area contributed by atoms with E-state index >= 15 is 0 Å². The third-order valence-corrected chi connectivity index (χ3v) is 4.81. The monoisotopic (exact) mass is 437 g/mol. The fourth-order valence-corrected chi connectivity index (χ4v) is 3.40. The molecule has 0 bridgehead atoms. The fourth-order valence-electron chi connectivity index (χ4n) is 2.78. The Balaban J connectivity index is 1.80. The summed E-state index contributed by atoms with van der Waals surface area (Å²) in [6.45, 7) is 3.53. The molecule has 0 aliphatic rings. The lowest BCUT2D eigenvalue weighted by atomic mass is 10.0. The highest BCUT2D eigenvalue weighted by atomic mass is 35.5. The number of benzene rings is 2. The summed E-state index contributed by atoms with van der Waals surface area (Å²) in [5.74, 6) is 0. The van der Waals surface area contributed by atoms with Gasteiger partial charge in [0, 0.05) is 10.6 Å². The molecule has 29 heavy (non-hydrogen) atoms. The molecule has 150 valence electrons. The summed E-state index contributed by atoms with van der Waals surface area (Å²) < 4.78 is 38.1. The van der Waals surface area contributed by atoms with E-state index in [2.05, 4.69) is 21.6 Å². The topological polar surface area (TPSA) is 66.5 Å². The van der Waals surface area contributed by atoms with E-state index < -0.39 is 17.3 Å². The highest BCUT2D eigenvalue weighted by molar-refractivity contribution is 7.80. The Kier molecular flexibility index (Phi) is 5.52. The van der Waals surface area contributed by atoms with Crippen LogP contribution in [0.5, 0.6) is 0 Å². The van der Waals surface area contributed by atoms with Crippen LogP contribution in [-0.2, 0) is 12.7 Å². The van der Waals surface area contributed by atoms with Crippen molar-refractivity contribution in [2.45, 2.75) is 32.1 Å². The van der Waals surface area contributed by atoms with Crippen molar-refractivity contribution in [3.63, 3.8) is 0 Å². The number of nitrogens with one attached hydrogen (secondary N) is 1. The third kappa shape index (κ3) is 4.66. The van der Waals surface area contributed by atoms with Gasteiger partial charge < -0.3 is 5.32 Å². The summed E-state index contributed by atoms with van der Waals surface area (Å²) in [5.41, 5.74) is 0.530. The molecule has 3 aromatic rings. The van der Waals surface area contributed by atoms with Gasteiger partial charge in [0.25, 0.3) is 0 Å². The molecule has 1 N–H and O–H groups in total. The second-order valence-electron chi connectivity index (χ2n) is 6.79. The Labute approximate surface area is 175 Å². The second kappa shape index (κ2) is 7.61. The molecule has 1 unspecified atom stereocenters. The first-order chi connectivity index (χ1) is 13.5. The van der Waals surface area contributed by atoms with Crippen molar-refractivity contribution in [1.82, 2.24) is 20.3 Å². The molecule has 1 aromatic heterocycles. The molecule has 0 aliphatic carbocycles. The molecule has 5 nitrogen and oxygen atoms in total. The van der Waals surface area contributed by atoms with Gasteiger partial charge in [-0.3, -0.25) is 0 Å². The van der Waals surface area contributed by atoms with Gasteiger partial charge in [-0.2, -0.15) is 33.4 Å². The van der Waals surface area contributed by atoms with E-state index in [1.165, 1.54) is 16.9 Å². The zero-order valence-electron chi connectivity index (χ0n) is 15.4. The van der Waals surface area contributed by atoms with Crippen LogP contribution in [0.4, 0.5) is 13.2 Å². The first-order valence-corrected chi connectivity index (χ1v) is 9.21. The first-order valence-electron chi connectivity index (χ1n) is 8.43. The van der Waals surface area contributed by atoms with Gasteiger partial charge in [-0.1, -0.05) is 36.0 Å². The van der Waals surface area contributed by atoms with Crippen molar-refractivity contribution in [2.24, 2.45) is 0 Å². The van der Waals surface area contributed by atoms with Crippen LogP contribution in [0.2, 0.25) is 5.02 Å². The number of aryl methyl sites for hydroxylation is 1. The number of nitriles is 1. The normalized spacial score (nSPS) is 13.7. The summed E-state index contributed by atoms with van der Waals surface area (Å²) in [5, 5.41) is 21.8. The third-order valence-electron chi connectivity index (χ3n) is 4.25. The number of nitrogens with zero attached hydrogens (tertiary/aromatic N) is 4. The first kappa shape index (κ1) is 21.0. The number of halogens is 4. The summed E-state index contributed by atoms with van der Waals surface area (Å²) >= 11 is 11.3. The van der Waals surface area contributed by atoms with Crippen LogP contribution in [0.15, 0.2) is 36.4 Å². The van der Waals surface area contributed by atoms with Crippen molar-refractivity contribution >= 4 is 39.8 Å². The Morgan fingerprint density at radius 1 is 1.24 bits per heavy atom. The summed E-state index contributed by atoms with van der Waals surface area (Å²) in [6, 6.07) is 10.00. The molecule has 3 rings (SSSR count). The van der Waals surface area contributed by atoms with E-state index in [-0.39, 0.29) is 11.5 Å². The lowest BCUT2D eigenvalue weighted by Crippen LogP contribution is -2.48. The van der Waals surface area contributed by atoms with Gasteiger partial charge in [-0.15, -0.1) is 0 Å². The quantitative estimate of drug-likeness (QED) is 0.601. The van der Waals surface area contributed by atoms with E-state index in [0.717, 1.165) is 17.7 Å². The van der Waals surface area contributed by atoms with E-state index in [0.29, 0.717) is 21.6 Å². The predicted octanol–water partition coefficient (Wildman–Crippen LogP) is 4.66. The second-order valence-corrected chi connectivity index (χ2v) is 7.64. The summed E-state index contributed by atoms with van der Waals surface area (Å²) in [7, 11) is 0. The minimum absolute atomic E-state index is 0.0655. The number of hydrogen-bond acceptors (Lipinski definition) is 4. The molecular formula is C19H15ClF3N5S. The van der Waals surface area contributed by atoms with E-state index in [1.807, 2.05) is 6.92 Å². The minimum atomic E-state index is -4.43. The number of fused-ring (bicyclic) bond motifs is 1. The minimum Gasteiger partial charge on any atom is -0.357 e. The van der Waals surface area contributed by atoms with Crippen LogP contribution < -0.4 is 5.32 Å². The van der Waals surface area contributed by atoms with Crippen molar-refractivity contribution in [3.8, 4) is 6.07 Å². The van der Waals surface area contributed by atoms with Crippen molar-refractivity contribution < 1.29 is 13.2 Å². The highest BCUT2D eigenvalue weighted by Gasteiger charge is 2.31. The van der Waals surface area contributed by atoms with Gasteiger partial charge in [0.2, 0.25) is 0 Å². The van der Waals surface area contributed by atoms with Crippen LogP contribution in [-0.4, -0.2) is 25.5 Å². The van der Waals surface area contributed by atoms with Crippen LogP contribution in [0.25, 0.3) is 11.0 Å². The van der Waals surface area contributed by atoms with Crippen molar-refractivity contribution in [1.29, 1.82) is 5.26 Å². The van der Waals surface area contributed by atoms with Gasteiger partial charge >= 0.3 is 6.18 Å². The maximum Gasteiger partial charge on any atom is 0.416 e. The van der Waals surface area contributed by atoms with Crippen LogP contribution >= 0.6 is 23.8 Å². The van der Waals surface area contributed by atoms with Crippen LogP contribution in [0.1, 0.15) is 23.6 Å². The molecule has 10 heteroatoms. The number of hydrogen-bond donors (Lipinski definition) is 1. The number of rotatable bonds is 4. The van der Waals surface area contributed by atoms with Gasteiger partial charge in [0.15, 0.2) is 0 Å². The fraction of sp³-hybridized carbons (Fsp3) is 0.263. The summed E-state index contributed by atoms with van der Waals surface area (Å²) in [6.07, 6.45) is -4.43. The van der Waals surface area contributed by atoms with Gasteiger partial charge in [-0.05, 0) is 43.7 Å². The molecule has 1 heterocycles. The molecule has 0 saturated heterocycles. The van der Waals surface area contributed by atoms with Crippen LogP contribution in [0.3, 0.4) is 0 Å². The predicted molar refractivity (Wildman–Crippen MR) is 108 cm³/mol. The van der Waals surface area contributed by atoms with Crippen molar-refractivity contribution in [3.05, 3.63) is 58.1 Å². The Hall–Kier alpha value is -2.70. The van der Waals surface area contributed by atoms with Crippen molar-refractivity contribution in [2.75, 3.05) is 0 Å². The Bertz CT molecular complexity index is 1120. The lowest BCUT2D eigenvalue weighted by molar-refractivity contribution is -0.137. The smallest absolute Gasteiger partial charge is 0.357 e. The molecule has 0 fully saturated rings. The summed E-state index contributed by atoms with van der Waals surface area (Å²) in [4.78, 5) is 1.53. The molecule has 0 saturated carbocycles. The zero-order chi connectivity index (χ0) is 21.4. The van der Waals surface area contributed by atoms with E-state index in [1.54, 1.807) is 19.1 Å². The molecule has 2 aromatic carbocycles. The number of aromatic nitrogens is 3. The molecule has 0 radical (unpaired) electrons. The SMILES string of the molecule is Cc1cc(Cl)cc2nn(CC(C)(C#N)NC(=S)c3ccc(C(F)(F)F)cc3)nc12. The number of alkyl halides is 3. The van der Waals surface area contributed by atoms with E-state index in [4.69, 9.17) is 23.8 Å². The Morgan fingerprint density at radius 2 is 1.90 bits per heavy atom. The Morgan fingerprint density at radius 3 is 2.48 bits per heavy atom. The van der Waals surface area contributed by atoms with Gasteiger partial charge in [-0.25, -0.2) is 0 Å². The standard InChI is InChI=1S/C19H15ClF3N5S/c1-11-7-14(20)8-15-16(11)27-28(26-15)10-18(2,9-24)25-17(29)12-3-5-13(6-4-12)19(21,22)23/h3-8H,10H2,1-2H3,(H,25,29). The average Bonchev–Trinajstić information content (AvgIpc) is 3.03. The maximum atomic E-state index is 12.7. The molecule has 1 atom stereocenters. The van der Waals surface area contributed by atoms with Gasteiger partial charge in [0.1, 0.15) is 21.6 Å². The van der Waals surface area contributed by atoms with Gasteiger partial charge in [0.05, 0.1) is 18.2 Å². The average molecular weight is 438 g/mol. The number of thiocarbonyl (C=S) groups is 1. The maximum absolute atomic E-state index is 12.7. The molecule has 0 aliphatic heterocycles. The lowest BCUT2D eigenvalue weighted by Gasteiger charge is -2.24. The highest BCUT2D eigenvalue weighted by Crippen LogP contribution is 2.29.